The summed E-state index contributed by atoms with van der Waals surface area (Å²) in [5.41, 5.74) is 3.46. The summed E-state index contributed by atoms with van der Waals surface area (Å²) in [6, 6.07) is 11.7. The zero-order chi connectivity index (χ0) is 23.0. The summed E-state index contributed by atoms with van der Waals surface area (Å²) in [6.45, 7) is 10.9. The zero-order valence-electron chi connectivity index (χ0n) is 19.5. The van der Waals surface area contributed by atoms with Gasteiger partial charge < -0.3 is 24.8 Å². The topological polar surface area (TPSA) is 79.2 Å². The van der Waals surface area contributed by atoms with E-state index < -0.39 is 6.10 Å². The predicted octanol–water partition coefficient (Wildman–Crippen LogP) is 4.51. The van der Waals surface area contributed by atoms with Gasteiger partial charge in [0.15, 0.2) is 0 Å². The lowest BCUT2D eigenvalue weighted by Gasteiger charge is -2.33. The van der Waals surface area contributed by atoms with Crippen molar-refractivity contribution in [3.8, 4) is 11.5 Å². The van der Waals surface area contributed by atoms with Crippen LogP contribution in [0.2, 0.25) is 0 Å². The highest BCUT2D eigenvalue weighted by Crippen LogP contribution is 2.35. The Hall–Kier alpha value is -2.08. The molecule has 0 amide bonds. The molecule has 0 aliphatic rings. The molecule has 172 valence electrons. The molecule has 0 fully saturated rings. The van der Waals surface area contributed by atoms with Gasteiger partial charge in [-0.2, -0.15) is 0 Å². The fourth-order valence-electron chi connectivity index (χ4n) is 3.67. The van der Waals surface area contributed by atoms with Gasteiger partial charge in [0.2, 0.25) is 0 Å². The molecule has 0 aromatic heterocycles. The Labute approximate surface area is 186 Å². The first-order valence-electron chi connectivity index (χ1n) is 11.2. The summed E-state index contributed by atoms with van der Waals surface area (Å²) >= 11 is 0. The number of rotatable bonds is 12. The Bertz CT molecular complexity index is 827. The van der Waals surface area contributed by atoms with Crippen LogP contribution in [0.5, 0.6) is 11.5 Å². The first kappa shape index (κ1) is 25.2. The second-order valence-electron chi connectivity index (χ2n) is 8.63. The van der Waals surface area contributed by atoms with Crippen LogP contribution in [0.25, 0.3) is 0 Å². The monoisotopic (exact) mass is 430 g/mol. The molecule has 1 unspecified atom stereocenters. The molecule has 3 N–H and O–H groups in total. The van der Waals surface area contributed by atoms with Gasteiger partial charge >= 0.3 is 0 Å². The van der Waals surface area contributed by atoms with Crippen LogP contribution in [0.3, 0.4) is 0 Å². The van der Waals surface area contributed by atoms with Crippen molar-refractivity contribution in [1.82, 2.24) is 0 Å². The van der Waals surface area contributed by atoms with E-state index in [4.69, 9.17) is 9.47 Å². The molecular weight excluding hydrogens is 392 g/mol. The van der Waals surface area contributed by atoms with Crippen LogP contribution in [-0.4, -0.2) is 34.6 Å². The third-order valence-electron chi connectivity index (χ3n) is 6.35. The molecule has 0 saturated carbocycles. The highest BCUT2D eigenvalue weighted by Gasteiger charge is 2.30. The van der Waals surface area contributed by atoms with E-state index in [0.29, 0.717) is 23.5 Å². The van der Waals surface area contributed by atoms with E-state index in [1.807, 2.05) is 32.9 Å². The number of benzene rings is 2. The molecule has 0 aliphatic heterocycles. The second-order valence-corrected chi connectivity index (χ2v) is 8.63. The van der Waals surface area contributed by atoms with Crippen molar-refractivity contribution in [2.24, 2.45) is 5.92 Å². The van der Waals surface area contributed by atoms with Crippen molar-refractivity contribution in [3.05, 3.63) is 58.7 Å². The molecule has 5 nitrogen and oxygen atoms in total. The van der Waals surface area contributed by atoms with Gasteiger partial charge in [-0.15, -0.1) is 0 Å². The number of aliphatic hydroxyl groups is 3. The van der Waals surface area contributed by atoms with Gasteiger partial charge in [0, 0.05) is 5.41 Å². The van der Waals surface area contributed by atoms with Crippen molar-refractivity contribution < 1.29 is 24.8 Å². The van der Waals surface area contributed by atoms with E-state index in [1.54, 1.807) is 12.1 Å². The summed E-state index contributed by atoms with van der Waals surface area (Å²) in [7, 11) is 0. The molecule has 0 bridgehead atoms. The van der Waals surface area contributed by atoms with Crippen molar-refractivity contribution in [1.29, 1.82) is 0 Å². The quantitative estimate of drug-likeness (QED) is 0.462. The molecule has 31 heavy (non-hydrogen) atoms. The van der Waals surface area contributed by atoms with Crippen molar-refractivity contribution in [2.45, 2.75) is 72.2 Å². The predicted molar refractivity (Wildman–Crippen MR) is 124 cm³/mol. The van der Waals surface area contributed by atoms with Crippen LogP contribution in [0.1, 0.15) is 62.8 Å². The summed E-state index contributed by atoms with van der Waals surface area (Å²) in [5.74, 6) is 1.63. The Kier molecular flexibility index (Phi) is 9.35. The minimum absolute atomic E-state index is 0.105. The van der Waals surface area contributed by atoms with E-state index in [-0.39, 0.29) is 31.2 Å². The van der Waals surface area contributed by atoms with E-state index in [2.05, 4.69) is 26.0 Å². The van der Waals surface area contributed by atoms with E-state index in [9.17, 15) is 15.3 Å². The molecule has 0 spiro atoms. The van der Waals surface area contributed by atoms with Crippen molar-refractivity contribution >= 4 is 0 Å². The second kappa shape index (κ2) is 11.5. The van der Waals surface area contributed by atoms with Crippen LogP contribution in [0.15, 0.2) is 36.4 Å². The highest BCUT2D eigenvalue weighted by molar-refractivity contribution is 5.40. The van der Waals surface area contributed by atoms with Crippen molar-refractivity contribution in [2.75, 3.05) is 13.2 Å². The average molecular weight is 431 g/mol. The normalized spacial score (nSPS) is 12.8. The summed E-state index contributed by atoms with van der Waals surface area (Å²) < 4.78 is 12.0. The van der Waals surface area contributed by atoms with Crippen LogP contribution in [0, 0.1) is 12.8 Å². The molecule has 1 atom stereocenters. The fourth-order valence-corrected chi connectivity index (χ4v) is 3.67. The van der Waals surface area contributed by atoms with E-state index >= 15 is 0 Å². The number of ether oxygens (including phenoxy) is 2. The minimum Gasteiger partial charge on any atom is -0.493 e. The summed E-state index contributed by atoms with van der Waals surface area (Å²) in [6.07, 6.45) is 1.34. The van der Waals surface area contributed by atoms with E-state index in [0.717, 1.165) is 24.2 Å². The number of hydrogen-bond donors (Lipinski definition) is 3. The number of aliphatic hydroxyl groups excluding tert-OH is 3. The summed E-state index contributed by atoms with van der Waals surface area (Å²) in [5, 5.41) is 29.0. The van der Waals surface area contributed by atoms with Gasteiger partial charge in [-0.25, -0.2) is 0 Å². The molecule has 2 rings (SSSR count). The molecule has 0 aliphatic carbocycles. The van der Waals surface area contributed by atoms with Gasteiger partial charge in [-0.3, -0.25) is 0 Å². The van der Waals surface area contributed by atoms with Crippen LogP contribution < -0.4 is 9.47 Å². The third-order valence-corrected chi connectivity index (χ3v) is 6.35. The Morgan fingerprint density at radius 2 is 1.58 bits per heavy atom. The maximum absolute atomic E-state index is 10.0. The maximum Gasteiger partial charge on any atom is 0.122 e. The van der Waals surface area contributed by atoms with Crippen LogP contribution in [0.4, 0.5) is 0 Å². The molecule has 0 heterocycles. The van der Waals surface area contributed by atoms with Gasteiger partial charge in [0.05, 0.1) is 25.9 Å². The SMILES string of the molecule is CCC(CC)(COc1ccc(CO)c(CO)c1)c1ccc(OCC(O)C(C)C)c(C)c1. The minimum atomic E-state index is -0.487. The Morgan fingerprint density at radius 3 is 2.13 bits per heavy atom. The molecular formula is C26H38O5. The Balaban J connectivity index is 2.19. The van der Waals surface area contributed by atoms with Gasteiger partial charge in [0.1, 0.15) is 18.1 Å². The van der Waals surface area contributed by atoms with Crippen LogP contribution in [-0.2, 0) is 18.6 Å². The van der Waals surface area contributed by atoms with Gasteiger partial charge in [-0.1, -0.05) is 45.9 Å². The molecule has 0 radical (unpaired) electrons. The fraction of sp³-hybridized carbons (Fsp3) is 0.538. The molecule has 0 saturated heterocycles. The van der Waals surface area contributed by atoms with Crippen molar-refractivity contribution in [3.63, 3.8) is 0 Å². The first-order chi connectivity index (χ1) is 14.8. The molecule has 2 aromatic carbocycles. The largest absolute Gasteiger partial charge is 0.493 e. The first-order valence-corrected chi connectivity index (χ1v) is 11.2. The van der Waals surface area contributed by atoms with Crippen LogP contribution >= 0.6 is 0 Å². The lowest BCUT2D eigenvalue weighted by Crippen LogP contribution is -2.32. The number of hydrogen-bond acceptors (Lipinski definition) is 5. The highest BCUT2D eigenvalue weighted by atomic mass is 16.5. The summed E-state index contributed by atoms with van der Waals surface area (Å²) in [4.78, 5) is 0. The average Bonchev–Trinajstić information content (AvgIpc) is 2.78. The standard InChI is InChI=1S/C26H38O5/c1-6-26(7-2,17-31-23-10-8-20(14-27)21(13-23)15-28)22-9-11-25(19(5)12-22)30-16-24(29)18(3)4/h8-13,18,24,27-29H,6-7,14-17H2,1-5H3. The smallest absolute Gasteiger partial charge is 0.122 e. The maximum atomic E-state index is 10.0. The van der Waals surface area contributed by atoms with E-state index in [1.165, 1.54) is 5.56 Å². The molecule has 2 aromatic rings. The van der Waals surface area contributed by atoms with Gasteiger partial charge in [-0.05, 0) is 66.1 Å². The zero-order valence-corrected chi connectivity index (χ0v) is 19.5. The Morgan fingerprint density at radius 1 is 0.903 bits per heavy atom. The van der Waals surface area contributed by atoms with Gasteiger partial charge in [0.25, 0.3) is 0 Å². The molecule has 5 heteroatoms. The lowest BCUT2D eigenvalue weighted by molar-refractivity contribution is 0.0698. The number of aryl methyl sites for hydroxylation is 1. The third kappa shape index (κ3) is 6.22. The lowest BCUT2D eigenvalue weighted by atomic mass is 9.76.